The summed E-state index contributed by atoms with van der Waals surface area (Å²) in [5.74, 6) is 0.524. The highest BCUT2D eigenvalue weighted by Gasteiger charge is 2.16. The van der Waals surface area contributed by atoms with E-state index in [1.54, 1.807) is 25.5 Å². The van der Waals surface area contributed by atoms with Gasteiger partial charge in [0.15, 0.2) is 0 Å². The van der Waals surface area contributed by atoms with Gasteiger partial charge in [0.05, 0.1) is 13.3 Å². The molecule has 128 valence electrons. The molecule has 3 rings (SSSR count). The Hall–Kier alpha value is -3.53. The van der Waals surface area contributed by atoms with Crippen molar-refractivity contribution >= 4 is 17.7 Å². The molecule has 26 heavy (non-hydrogen) atoms. The van der Waals surface area contributed by atoms with Crippen LogP contribution in [0.4, 0.5) is 0 Å². The average molecular weight is 342 g/mol. The molecule has 3 aromatic carbocycles. The van der Waals surface area contributed by atoms with Crippen molar-refractivity contribution in [1.29, 1.82) is 0 Å². The van der Waals surface area contributed by atoms with Crippen molar-refractivity contribution in [3.8, 4) is 5.75 Å². The van der Waals surface area contributed by atoms with E-state index in [4.69, 9.17) is 4.74 Å². The first-order valence-corrected chi connectivity index (χ1v) is 8.19. The lowest BCUT2D eigenvalue weighted by molar-refractivity contribution is 0.106. The van der Waals surface area contributed by atoms with E-state index in [9.17, 15) is 4.79 Å². The lowest BCUT2D eigenvalue weighted by Crippen LogP contribution is -2.15. The van der Waals surface area contributed by atoms with Gasteiger partial charge in [-0.15, -0.1) is 5.10 Å². The Labute approximate surface area is 152 Å². The van der Waals surface area contributed by atoms with Crippen LogP contribution < -0.4 is 4.74 Å². The Balaban J connectivity index is 1.97. The quantitative estimate of drug-likeness (QED) is 0.379. The highest BCUT2D eigenvalue weighted by Crippen LogP contribution is 2.15. The molecule has 4 heteroatoms. The molecule has 4 nitrogen and oxygen atoms in total. The summed E-state index contributed by atoms with van der Waals surface area (Å²) in [6, 6.07) is 25.9. The highest BCUT2D eigenvalue weighted by atomic mass is 16.5. The van der Waals surface area contributed by atoms with Gasteiger partial charge in [0.1, 0.15) is 11.5 Å². The van der Waals surface area contributed by atoms with Crippen LogP contribution in [-0.4, -0.2) is 24.8 Å². The number of nitrogens with zero attached hydrogens (tertiary/aromatic N) is 2. The molecule has 0 fully saturated rings. The number of ketones is 1. The molecule has 0 aromatic heterocycles. The monoisotopic (exact) mass is 342 g/mol. The summed E-state index contributed by atoms with van der Waals surface area (Å²) in [4.78, 5) is 12.9. The Morgan fingerprint density at radius 3 is 2.04 bits per heavy atom. The van der Waals surface area contributed by atoms with Gasteiger partial charge >= 0.3 is 0 Å². The predicted octanol–water partition coefficient (Wildman–Crippen LogP) is 4.40. The first kappa shape index (κ1) is 17.3. The zero-order chi connectivity index (χ0) is 18.2. The van der Waals surface area contributed by atoms with Crippen LogP contribution in [-0.2, 0) is 0 Å². The number of ether oxygens (including phenoxy) is 1. The molecular weight excluding hydrogens is 324 g/mol. The second kappa shape index (κ2) is 8.53. The fraction of sp³-hybridized carbons (Fsp3) is 0.0455. The first-order valence-electron chi connectivity index (χ1n) is 8.19. The summed E-state index contributed by atoms with van der Waals surface area (Å²) < 4.78 is 5.30. The molecule has 0 N–H and O–H groups in total. The molecule has 0 aliphatic rings. The molecule has 0 unspecified atom stereocenters. The van der Waals surface area contributed by atoms with Crippen molar-refractivity contribution in [2.24, 2.45) is 10.2 Å². The van der Waals surface area contributed by atoms with Crippen molar-refractivity contribution in [2.75, 3.05) is 7.11 Å². The van der Waals surface area contributed by atoms with E-state index in [1.807, 2.05) is 72.8 Å². The average Bonchev–Trinajstić information content (AvgIpc) is 2.72. The van der Waals surface area contributed by atoms with Crippen LogP contribution in [0.2, 0.25) is 0 Å². The Morgan fingerprint density at radius 1 is 0.808 bits per heavy atom. The minimum Gasteiger partial charge on any atom is -0.496 e. The van der Waals surface area contributed by atoms with E-state index in [0.717, 1.165) is 11.1 Å². The molecule has 0 atom stereocenters. The third-order valence-corrected chi connectivity index (χ3v) is 3.79. The molecule has 0 radical (unpaired) electrons. The van der Waals surface area contributed by atoms with Gasteiger partial charge in [-0.2, -0.15) is 5.10 Å². The molecule has 0 aliphatic heterocycles. The summed E-state index contributed by atoms with van der Waals surface area (Å²) in [7, 11) is 1.60. The van der Waals surface area contributed by atoms with Crippen molar-refractivity contribution in [3.05, 3.63) is 102 Å². The number of rotatable bonds is 6. The van der Waals surface area contributed by atoms with Gasteiger partial charge in [0.2, 0.25) is 5.78 Å². The van der Waals surface area contributed by atoms with Crippen LogP contribution in [0.1, 0.15) is 21.5 Å². The van der Waals surface area contributed by atoms with E-state index < -0.39 is 0 Å². The summed E-state index contributed by atoms with van der Waals surface area (Å²) in [5.41, 5.74) is 2.38. The van der Waals surface area contributed by atoms with Crippen LogP contribution in [0.3, 0.4) is 0 Å². The first-order chi connectivity index (χ1) is 12.8. The number of carbonyl (C=O) groups is 1. The van der Waals surface area contributed by atoms with E-state index in [0.29, 0.717) is 17.0 Å². The molecule has 0 saturated carbocycles. The smallest absolute Gasteiger partial charge is 0.213 e. The second-order valence-electron chi connectivity index (χ2n) is 5.50. The predicted molar refractivity (Wildman–Crippen MR) is 104 cm³/mol. The minimum atomic E-state index is -0.172. The van der Waals surface area contributed by atoms with Crippen molar-refractivity contribution < 1.29 is 9.53 Å². The topological polar surface area (TPSA) is 51.0 Å². The highest BCUT2D eigenvalue weighted by molar-refractivity contribution is 6.51. The zero-order valence-corrected chi connectivity index (χ0v) is 14.4. The van der Waals surface area contributed by atoms with Crippen LogP contribution in [0.25, 0.3) is 0 Å². The number of Topliss-reactive ketones (excluding diaryl/α,β-unsaturated/α-hetero) is 1. The number of para-hydroxylation sites is 1. The number of hydrogen-bond acceptors (Lipinski definition) is 4. The molecule has 0 amide bonds. The third kappa shape index (κ3) is 4.11. The zero-order valence-electron chi connectivity index (χ0n) is 14.4. The molecule has 0 spiro atoms. The lowest BCUT2D eigenvalue weighted by Gasteiger charge is -2.05. The third-order valence-electron chi connectivity index (χ3n) is 3.79. The maximum atomic E-state index is 12.9. The number of methoxy groups -OCH3 is 1. The molecular formula is C22H18N2O2. The van der Waals surface area contributed by atoms with Gasteiger partial charge < -0.3 is 4.74 Å². The van der Waals surface area contributed by atoms with Crippen molar-refractivity contribution in [1.82, 2.24) is 0 Å². The van der Waals surface area contributed by atoms with Gasteiger partial charge in [-0.05, 0) is 12.1 Å². The molecule has 0 saturated heterocycles. The van der Waals surface area contributed by atoms with Gasteiger partial charge in [0.25, 0.3) is 0 Å². The molecule has 3 aromatic rings. The normalized spacial score (nSPS) is 11.5. The van der Waals surface area contributed by atoms with Crippen molar-refractivity contribution in [3.63, 3.8) is 0 Å². The van der Waals surface area contributed by atoms with E-state index >= 15 is 0 Å². The molecule has 0 bridgehead atoms. The van der Waals surface area contributed by atoms with Crippen LogP contribution in [0, 0.1) is 0 Å². The summed E-state index contributed by atoms with van der Waals surface area (Å²) in [6.45, 7) is 0. The Morgan fingerprint density at radius 2 is 1.38 bits per heavy atom. The summed E-state index contributed by atoms with van der Waals surface area (Å²) in [6.07, 6.45) is 1.58. The van der Waals surface area contributed by atoms with Gasteiger partial charge in [0, 0.05) is 16.7 Å². The Bertz CT molecular complexity index is 933. The number of hydrogen-bond donors (Lipinski definition) is 0. The summed E-state index contributed by atoms with van der Waals surface area (Å²) in [5, 5.41) is 8.36. The maximum absolute atomic E-state index is 12.9. The standard InChI is InChI=1S/C22H18N2O2/c1-26-20-15-9-8-14-19(20)16-23-24-21(17-10-4-2-5-11-17)22(25)18-12-6-3-7-13-18/h2-16H,1H3/b23-16-,24-21-. The minimum absolute atomic E-state index is 0.172. The number of carbonyl (C=O) groups excluding carboxylic acids is 1. The van der Waals surface area contributed by atoms with Gasteiger partial charge in [-0.3, -0.25) is 4.79 Å². The largest absolute Gasteiger partial charge is 0.496 e. The van der Waals surface area contributed by atoms with Crippen molar-refractivity contribution in [2.45, 2.75) is 0 Å². The molecule has 0 heterocycles. The van der Waals surface area contributed by atoms with Crippen LogP contribution in [0.5, 0.6) is 5.75 Å². The molecule has 0 aliphatic carbocycles. The fourth-order valence-corrected chi connectivity index (χ4v) is 2.48. The van der Waals surface area contributed by atoms with Gasteiger partial charge in [-0.1, -0.05) is 72.8 Å². The van der Waals surface area contributed by atoms with Gasteiger partial charge in [-0.25, -0.2) is 0 Å². The fourth-order valence-electron chi connectivity index (χ4n) is 2.48. The summed E-state index contributed by atoms with van der Waals surface area (Å²) >= 11 is 0. The van der Waals surface area contributed by atoms with E-state index in [2.05, 4.69) is 10.2 Å². The van der Waals surface area contributed by atoms with E-state index in [1.165, 1.54) is 0 Å². The SMILES string of the molecule is COc1ccccc1/C=N\N=C(/C(=O)c1ccccc1)c1ccccc1. The Kier molecular flexibility index (Phi) is 5.68. The van der Waals surface area contributed by atoms with Crippen LogP contribution >= 0.6 is 0 Å². The van der Waals surface area contributed by atoms with E-state index in [-0.39, 0.29) is 5.78 Å². The van der Waals surface area contributed by atoms with Crippen LogP contribution in [0.15, 0.2) is 95.1 Å². The maximum Gasteiger partial charge on any atom is 0.213 e. The second-order valence-corrected chi connectivity index (χ2v) is 5.50. The lowest BCUT2D eigenvalue weighted by atomic mass is 10.0. The number of benzene rings is 3.